The molecule has 1 amide bonds. The Morgan fingerprint density at radius 1 is 1.43 bits per heavy atom. The van der Waals surface area contributed by atoms with Crippen LogP contribution in [0, 0.1) is 17.1 Å². The van der Waals surface area contributed by atoms with Crippen LogP contribution in [0.5, 0.6) is 0 Å². The van der Waals surface area contributed by atoms with Gasteiger partial charge in [0.25, 0.3) is 5.91 Å². The molecule has 4 nitrogen and oxygen atoms in total. The van der Waals surface area contributed by atoms with E-state index >= 15 is 0 Å². The lowest BCUT2D eigenvalue weighted by Gasteiger charge is -2.32. The Labute approximate surface area is 123 Å². The Morgan fingerprint density at radius 3 is 2.76 bits per heavy atom. The van der Waals surface area contributed by atoms with E-state index in [-0.39, 0.29) is 11.4 Å². The van der Waals surface area contributed by atoms with E-state index in [2.05, 4.69) is 12.2 Å². The number of hydrogen-bond donors (Lipinski definition) is 1. The van der Waals surface area contributed by atoms with Crippen LogP contribution in [0.4, 0.5) is 10.1 Å². The van der Waals surface area contributed by atoms with Gasteiger partial charge in [-0.2, -0.15) is 5.26 Å². The number of nitrogens with one attached hydrogen (secondary N) is 1. The van der Waals surface area contributed by atoms with Gasteiger partial charge >= 0.3 is 0 Å². The SMILES string of the molecule is CC1CCCCN1/C=C(/C#N)C(=O)Nc1ccc(F)cc1. The van der Waals surface area contributed by atoms with Gasteiger partial charge in [0, 0.05) is 24.5 Å². The lowest BCUT2D eigenvalue weighted by Crippen LogP contribution is -2.34. The Bertz CT molecular complexity index is 574. The summed E-state index contributed by atoms with van der Waals surface area (Å²) in [6.45, 7) is 2.94. The molecule has 5 heteroatoms. The Hall–Kier alpha value is -2.35. The van der Waals surface area contributed by atoms with Crippen LogP contribution in [0.15, 0.2) is 36.0 Å². The second kappa shape index (κ2) is 6.89. The molecule has 1 aliphatic heterocycles. The maximum atomic E-state index is 12.8. The molecule has 1 fully saturated rings. The van der Waals surface area contributed by atoms with Gasteiger partial charge in [-0.3, -0.25) is 4.79 Å². The highest BCUT2D eigenvalue weighted by atomic mass is 19.1. The fraction of sp³-hybridized carbons (Fsp3) is 0.375. The summed E-state index contributed by atoms with van der Waals surface area (Å²) >= 11 is 0. The average molecular weight is 287 g/mol. The Balaban J connectivity index is 2.07. The third kappa shape index (κ3) is 4.06. The monoisotopic (exact) mass is 287 g/mol. The third-order valence-corrected chi connectivity index (χ3v) is 3.62. The maximum Gasteiger partial charge on any atom is 0.267 e. The normalized spacial score (nSPS) is 19.0. The van der Waals surface area contributed by atoms with Crippen molar-refractivity contribution < 1.29 is 9.18 Å². The minimum atomic E-state index is -0.470. The molecule has 1 aromatic rings. The summed E-state index contributed by atoms with van der Waals surface area (Å²) < 4.78 is 12.8. The topological polar surface area (TPSA) is 56.1 Å². The predicted octanol–water partition coefficient (Wildman–Crippen LogP) is 3.05. The third-order valence-electron chi connectivity index (χ3n) is 3.62. The summed E-state index contributed by atoms with van der Waals surface area (Å²) in [6.07, 6.45) is 4.94. The molecular formula is C16H18FN3O. The summed E-state index contributed by atoms with van der Waals surface area (Å²) in [5.74, 6) is -0.840. The number of piperidine rings is 1. The van der Waals surface area contributed by atoms with E-state index in [1.54, 1.807) is 6.20 Å². The predicted molar refractivity (Wildman–Crippen MR) is 78.7 cm³/mol. The van der Waals surface area contributed by atoms with E-state index in [1.807, 2.05) is 11.0 Å². The van der Waals surface area contributed by atoms with Crippen molar-refractivity contribution in [2.45, 2.75) is 32.2 Å². The number of rotatable bonds is 3. The number of carbonyl (C=O) groups is 1. The summed E-state index contributed by atoms with van der Waals surface area (Å²) in [5.41, 5.74) is 0.530. The largest absolute Gasteiger partial charge is 0.373 e. The maximum absolute atomic E-state index is 12.8. The molecule has 1 atom stereocenters. The Morgan fingerprint density at radius 2 is 2.14 bits per heavy atom. The number of nitrogens with zero attached hydrogens (tertiary/aromatic N) is 2. The van der Waals surface area contributed by atoms with E-state index in [0.717, 1.165) is 19.4 Å². The molecule has 0 radical (unpaired) electrons. The molecule has 0 aromatic heterocycles. The number of hydrogen-bond acceptors (Lipinski definition) is 3. The van der Waals surface area contributed by atoms with Crippen LogP contribution in [0.1, 0.15) is 26.2 Å². The lowest BCUT2D eigenvalue weighted by molar-refractivity contribution is -0.112. The van der Waals surface area contributed by atoms with E-state index in [1.165, 1.54) is 30.7 Å². The van der Waals surface area contributed by atoms with Crippen LogP contribution >= 0.6 is 0 Å². The molecule has 1 saturated heterocycles. The summed E-state index contributed by atoms with van der Waals surface area (Å²) in [7, 11) is 0. The molecule has 1 aliphatic rings. The summed E-state index contributed by atoms with van der Waals surface area (Å²) in [4.78, 5) is 14.1. The number of likely N-dealkylation sites (tertiary alicyclic amines) is 1. The highest BCUT2D eigenvalue weighted by Gasteiger charge is 2.18. The average Bonchev–Trinajstić information content (AvgIpc) is 2.48. The molecule has 0 aliphatic carbocycles. The van der Waals surface area contributed by atoms with Gasteiger partial charge in [0.15, 0.2) is 0 Å². The van der Waals surface area contributed by atoms with Crippen LogP contribution in [0.2, 0.25) is 0 Å². The smallest absolute Gasteiger partial charge is 0.267 e. The highest BCUT2D eigenvalue weighted by Crippen LogP contribution is 2.18. The van der Waals surface area contributed by atoms with Gasteiger partial charge in [-0.25, -0.2) is 4.39 Å². The van der Waals surface area contributed by atoms with Gasteiger partial charge in [-0.15, -0.1) is 0 Å². The van der Waals surface area contributed by atoms with Crippen LogP contribution < -0.4 is 5.32 Å². The number of halogens is 1. The number of benzene rings is 1. The van der Waals surface area contributed by atoms with Crippen LogP contribution in [-0.2, 0) is 4.79 Å². The van der Waals surface area contributed by atoms with Crippen molar-refractivity contribution in [1.29, 1.82) is 5.26 Å². The Kier molecular flexibility index (Phi) is 4.94. The van der Waals surface area contributed by atoms with E-state index in [0.29, 0.717) is 11.7 Å². The molecule has 0 saturated carbocycles. The highest BCUT2D eigenvalue weighted by molar-refractivity contribution is 6.06. The minimum Gasteiger partial charge on any atom is -0.373 e. The van der Waals surface area contributed by atoms with Crippen molar-refractivity contribution in [3.8, 4) is 6.07 Å². The van der Waals surface area contributed by atoms with Gasteiger partial charge in [0.2, 0.25) is 0 Å². The fourth-order valence-electron chi connectivity index (χ4n) is 2.35. The molecular weight excluding hydrogens is 269 g/mol. The molecule has 1 N–H and O–H groups in total. The van der Waals surface area contributed by atoms with Crippen molar-refractivity contribution in [1.82, 2.24) is 4.90 Å². The van der Waals surface area contributed by atoms with Crippen molar-refractivity contribution >= 4 is 11.6 Å². The van der Waals surface area contributed by atoms with Gasteiger partial charge in [0.1, 0.15) is 17.5 Å². The standard InChI is InChI=1S/C16H18FN3O/c1-12-4-2-3-9-20(12)11-13(10-18)16(21)19-15-7-5-14(17)6-8-15/h5-8,11-12H,2-4,9H2,1H3,(H,19,21)/b13-11-. The molecule has 2 rings (SSSR count). The molecule has 21 heavy (non-hydrogen) atoms. The number of anilines is 1. The van der Waals surface area contributed by atoms with E-state index in [9.17, 15) is 9.18 Å². The van der Waals surface area contributed by atoms with Crippen molar-refractivity contribution in [2.75, 3.05) is 11.9 Å². The van der Waals surface area contributed by atoms with E-state index < -0.39 is 5.91 Å². The lowest BCUT2D eigenvalue weighted by atomic mass is 10.0. The van der Waals surface area contributed by atoms with Gasteiger partial charge < -0.3 is 10.2 Å². The van der Waals surface area contributed by atoms with Crippen molar-refractivity contribution in [2.24, 2.45) is 0 Å². The van der Waals surface area contributed by atoms with Crippen LogP contribution in [-0.4, -0.2) is 23.4 Å². The number of amides is 1. The first-order chi connectivity index (χ1) is 10.1. The van der Waals surface area contributed by atoms with Crippen LogP contribution in [0.3, 0.4) is 0 Å². The van der Waals surface area contributed by atoms with Crippen LogP contribution in [0.25, 0.3) is 0 Å². The summed E-state index contributed by atoms with van der Waals surface area (Å²) in [6, 6.07) is 7.72. The van der Waals surface area contributed by atoms with Crippen molar-refractivity contribution in [3.63, 3.8) is 0 Å². The van der Waals surface area contributed by atoms with Gasteiger partial charge in [0.05, 0.1) is 0 Å². The van der Waals surface area contributed by atoms with Gasteiger partial charge in [-0.05, 0) is 50.5 Å². The molecule has 1 heterocycles. The molecule has 0 bridgehead atoms. The minimum absolute atomic E-state index is 0.0630. The molecule has 1 unspecified atom stereocenters. The second-order valence-electron chi connectivity index (χ2n) is 5.20. The number of nitriles is 1. The zero-order chi connectivity index (χ0) is 15.2. The molecule has 110 valence electrons. The first-order valence-corrected chi connectivity index (χ1v) is 7.04. The second-order valence-corrected chi connectivity index (χ2v) is 5.20. The first kappa shape index (κ1) is 15.0. The van der Waals surface area contributed by atoms with Crippen molar-refractivity contribution in [3.05, 3.63) is 41.9 Å². The molecule has 0 spiro atoms. The fourth-order valence-corrected chi connectivity index (χ4v) is 2.35. The summed E-state index contributed by atoms with van der Waals surface area (Å²) in [5, 5.41) is 11.8. The zero-order valence-corrected chi connectivity index (χ0v) is 12.0. The zero-order valence-electron chi connectivity index (χ0n) is 12.0. The quantitative estimate of drug-likeness (QED) is 0.686. The molecule has 1 aromatic carbocycles. The van der Waals surface area contributed by atoms with Gasteiger partial charge in [-0.1, -0.05) is 0 Å². The first-order valence-electron chi connectivity index (χ1n) is 7.04. The number of carbonyl (C=O) groups excluding carboxylic acids is 1. The van der Waals surface area contributed by atoms with E-state index in [4.69, 9.17) is 5.26 Å².